The van der Waals surface area contributed by atoms with Crippen LogP contribution < -0.4 is 9.64 Å². The number of aromatic nitrogens is 2. The largest absolute Gasteiger partial charge is 0.480 e. The summed E-state index contributed by atoms with van der Waals surface area (Å²) in [6.45, 7) is 1.41. The Balaban J connectivity index is 1.40. The van der Waals surface area contributed by atoms with Crippen molar-refractivity contribution in [2.45, 2.75) is 0 Å². The van der Waals surface area contributed by atoms with Crippen LogP contribution in [0.15, 0.2) is 30.6 Å². The summed E-state index contributed by atoms with van der Waals surface area (Å²) in [6.07, 6.45) is 3.35. The van der Waals surface area contributed by atoms with Gasteiger partial charge in [-0.25, -0.2) is 14.8 Å². The molecule has 0 saturated carbocycles. The number of piperazine rings is 1. The van der Waals surface area contributed by atoms with Gasteiger partial charge in [-0.3, -0.25) is 4.79 Å². The van der Waals surface area contributed by atoms with Crippen molar-refractivity contribution < 1.29 is 19.1 Å². The number of ether oxygens (including phenoxy) is 2. The molecule has 0 unspecified atom stereocenters. The second-order valence-electron chi connectivity index (χ2n) is 6.06. The highest BCUT2D eigenvalue weighted by atomic mass is 35.5. The van der Waals surface area contributed by atoms with E-state index < -0.39 is 12.6 Å². The molecule has 1 aliphatic rings. The lowest BCUT2D eigenvalue weighted by Crippen LogP contribution is -2.50. The van der Waals surface area contributed by atoms with Crippen molar-refractivity contribution in [3.8, 4) is 5.75 Å². The molecule has 0 bridgehead atoms. The van der Waals surface area contributed by atoms with E-state index in [9.17, 15) is 9.59 Å². The Morgan fingerprint density at radius 3 is 2.28 bits per heavy atom. The molecule has 8 nitrogen and oxygen atoms in total. The van der Waals surface area contributed by atoms with E-state index in [2.05, 4.69) is 9.97 Å². The molecule has 29 heavy (non-hydrogen) atoms. The highest BCUT2D eigenvalue weighted by Crippen LogP contribution is 2.33. The average Bonchev–Trinajstić information content (AvgIpc) is 2.74. The van der Waals surface area contributed by atoms with Gasteiger partial charge in [0.25, 0.3) is 5.91 Å². The molecular weight excluding hydrogens is 443 g/mol. The lowest BCUT2D eigenvalue weighted by atomic mass is 10.3. The molecule has 11 heteroatoms. The van der Waals surface area contributed by atoms with Gasteiger partial charge in [-0.2, -0.15) is 0 Å². The number of carbonyl (C=O) groups excluding carboxylic acids is 2. The molecule has 1 aromatic heterocycles. The fourth-order valence-corrected chi connectivity index (χ4v) is 3.23. The summed E-state index contributed by atoms with van der Waals surface area (Å²) in [4.78, 5) is 36.1. The van der Waals surface area contributed by atoms with Gasteiger partial charge in [0.2, 0.25) is 5.95 Å². The van der Waals surface area contributed by atoms with Gasteiger partial charge in [0.05, 0.1) is 15.1 Å². The van der Waals surface area contributed by atoms with E-state index in [4.69, 9.17) is 44.3 Å². The highest BCUT2D eigenvalue weighted by Gasteiger charge is 2.23. The predicted octanol–water partition coefficient (Wildman–Crippen LogP) is 2.71. The standard InChI is InChI=1S/C18H17Cl3N4O4/c19-12-8-14(21)15(9-13(12)20)28-11-17(27)29-10-16(26)24-4-6-25(7-5-24)18-22-2-1-3-23-18/h1-3,8-9H,4-7,10-11H2. The third kappa shape index (κ3) is 5.85. The Kier molecular flexibility index (Phi) is 7.35. The molecule has 1 amide bonds. The molecule has 0 aliphatic carbocycles. The van der Waals surface area contributed by atoms with Crippen molar-refractivity contribution in [3.63, 3.8) is 0 Å². The molecular formula is C18H17Cl3N4O4. The monoisotopic (exact) mass is 458 g/mol. The highest BCUT2D eigenvalue weighted by molar-refractivity contribution is 6.43. The van der Waals surface area contributed by atoms with Crippen LogP contribution in [0.3, 0.4) is 0 Å². The van der Waals surface area contributed by atoms with E-state index in [-0.39, 0.29) is 33.3 Å². The number of hydrogen-bond donors (Lipinski definition) is 0. The molecule has 0 radical (unpaired) electrons. The summed E-state index contributed by atoms with van der Waals surface area (Å²) in [5.74, 6) is -0.149. The summed E-state index contributed by atoms with van der Waals surface area (Å²) in [7, 11) is 0. The first-order chi connectivity index (χ1) is 13.9. The molecule has 2 heterocycles. The quantitative estimate of drug-likeness (QED) is 0.485. The van der Waals surface area contributed by atoms with Crippen molar-refractivity contribution in [3.05, 3.63) is 45.7 Å². The van der Waals surface area contributed by atoms with E-state index in [1.54, 1.807) is 23.4 Å². The fraction of sp³-hybridized carbons (Fsp3) is 0.333. The van der Waals surface area contributed by atoms with Gasteiger partial charge in [0.1, 0.15) is 5.75 Å². The summed E-state index contributed by atoms with van der Waals surface area (Å²) in [5.41, 5.74) is 0. The summed E-state index contributed by atoms with van der Waals surface area (Å²) < 4.78 is 10.3. The minimum atomic E-state index is -0.697. The lowest BCUT2D eigenvalue weighted by Gasteiger charge is -2.34. The van der Waals surface area contributed by atoms with Crippen molar-refractivity contribution in [1.82, 2.24) is 14.9 Å². The number of nitrogens with zero attached hydrogens (tertiary/aromatic N) is 4. The summed E-state index contributed by atoms with van der Waals surface area (Å²) in [5, 5.41) is 0.731. The van der Waals surface area contributed by atoms with Crippen LogP contribution in [0.1, 0.15) is 0 Å². The van der Waals surface area contributed by atoms with Gasteiger partial charge in [0, 0.05) is 44.6 Å². The van der Waals surface area contributed by atoms with Crippen molar-refractivity contribution in [2.24, 2.45) is 0 Å². The molecule has 1 saturated heterocycles. The maximum absolute atomic E-state index is 12.3. The number of halogens is 3. The zero-order valence-electron chi connectivity index (χ0n) is 15.2. The minimum Gasteiger partial charge on any atom is -0.480 e. The fourth-order valence-electron chi connectivity index (χ4n) is 2.64. The summed E-state index contributed by atoms with van der Waals surface area (Å²) >= 11 is 17.7. The van der Waals surface area contributed by atoms with E-state index in [1.807, 2.05) is 4.90 Å². The molecule has 1 aliphatic heterocycles. The second-order valence-corrected chi connectivity index (χ2v) is 7.28. The maximum atomic E-state index is 12.3. The Hall–Kier alpha value is -2.29. The summed E-state index contributed by atoms with van der Waals surface area (Å²) in [6, 6.07) is 4.56. The van der Waals surface area contributed by atoms with Gasteiger partial charge in [0.15, 0.2) is 13.2 Å². The zero-order valence-corrected chi connectivity index (χ0v) is 17.5. The Morgan fingerprint density at radius 1 is 0.931 bits per heavy atom. The van der Waals surface area contributed by atoms with Crippen LogP contribution in [0, 0.1) is 0 Å². The van der Waals surface area contributed by atoms with Crippen LogP contribution >= 0.6 is 34.8 Å². The van der Waals surface area contributed by atoms with E-state index in [0.29, 0.717) is 32.1 Å². The van der Waals surface area contributed by atoms with Gasteiger partial charge < -0.3 is 19.3 Å². The molecule has 0 atom stereocenters. The van der Waals surface area contributed by atoms with Crippen LogP contribution in [-0.2, 0) is 14.3 Å². The van der Waals surface area contributed by atoms with Gasteiger partial charge in [-0.05, 0) is 12.1 Å². The smallest absolute Gasteiger partial charge is 0.344 e. The molecule has 0 spiro atoms. The number of carbonyl (C=O) groups is 2. The van der Waals surface area contributed by atoms with Gasteiger partial charge in [-0.15, -0.1) is 0 Å². The van der Waals surface area contributed by atoms with Gasteiger partial charge in [-0.1, -0.05) is 34.8 Å². The zero-order chi connectivity index (χ0) is 20.8. The molecule has 1 fully saturated rings. The second kappa shape index (κ2) is 9.96. The Bertz CT molecular complexity index is 877. The number of rotatable bonds is 6. The van der Waals surface area contributed by atoms with Crippen molar-refractivity contribution >= 4 is 52.6 Å². The lowest BCUT2D eigenvalue weighted by molar-refractivity contribution is -0.153. The van der Waals surface area contributed by atoms with E-state index in [1.165, 1.54) is 12.1 Å². The van der Waals surface area contributed by atoms with Crippen LogP contribution in [0.4, 0.5) is 5.95 Å². The topological polar surface area (TPSA) is 84.9 Å². The van der Waals surface area contributed by atoms with Crippen LogP contribution in [0.25, 0.3) is 0 Å². The number of anilines is 1. The van der Waals surface area contributed by atoms with E-state index in [0.717, 1.165) is 0 Å². The number of hydrogen-bond acceptors (Lipinski definition) is 7. The number of amides is 1. The molecule has 154 valence electrons. The van der Waals surface area contributed by atoms with Crippen molar-refractivity contribution in [1.29, 1.82) is 0 Å². The normalized spacial score (nSPS) is 13.9. The maximum Gasteiger partial charge on any atom is 0.344 e. The molecule has 0 N–H and O–H groups in total. The van der Waals surface area contributed by atoms with Crippen molar-refractivity contribution in [2.75, 3.05) is 44.3 Å². The molecule has 3 rings (SSSR count). The SMILES string of the molecule is O=C(COc1cc(Cl)c(Cl)cc1Cl)OCC(=O)N1CCN(c2ncccn2)CC1. The first kappa shape index (κ1) is 21.4. The first-order valence-electron chi connectivity index (χ1n) is 8.67. The molecule has 1 aromatic carbocycles. The first-order valence-corrected chi connectivity index (χ1v) is 9.80. The predicted molar refractivity (Wildman–Crippen MR) is 109 cm³/mol. The molecule has 2 aromatic rings. The third-order valence-electron chi connectivity index (χ3n) is 4.14. The number of esters is 1. The van der Waals surface area contributed by atoms with E-state index >= 15 is 0 Å². The third-order valence-corrected chi connectivity index (χ3v) is 5.16. The van der Waals surface area contributed by atoms with Crippen LogP contribution in [-0.4, -0.2) is 66.1 Å². The van der Waals surface area contributed by atoms with Gasteiger partial charge >= 0.3 is 5.97 Å². The Labute approximate surface area is 182 Å². The minimum absolute atomic E-state index is 0.198. The number of benzene rings is 1. The van der Waals surface area contributed by atoms with Crippen LogP contribution in [0.2, 0.25) is 15.1 Å². The van der Waals surface area contributed by atoms with Crippen LogP contribution in [0.5, 0.6) is 5.75 Å². The Morgan fingerprint density at radius 2 is 1.59 bits per heavy atom. The average molecular weight is 460 g/mol.